The highest BCUT2D eigenvalue weighted by molar-refractivity contribution is 6.42. The number of nitro benzene ring substituents is 1. The summed E-state index contributed by atoms with van der Waals surface area (Å²) in [6.45, 7) is -0.0356. The maximum atomic E-state index is 11.9. The van der Waals surface area contributed by atoms with Crippen LogP contribution in [0.15, 0.2) is 36.4 Å². The van der Waals surface area contributed by atoms with Gasteiger partial charge in [0.1, 0.15) is 11.6 Å². The number of nitro groups is 1. The van der Waals surface area contributed by atoms with Crippen molar-refractivity contribution in [2.75, 3.05) is 0 Å². The Morgan fingerprint density at radius 3 is 2.36 bits per heavy atom. The number of nitrogens with zero attached hydrogens (tertiary/aromatic N) is 1. The number of carbonyl (C=O) groups excluding carboxylic acids is 1. The topological polar surface area (TPSA) is 69.4 Å². The minimum Gasteiger partial charge on any atom is -0.457 e. The zero-order chi connectivity index (χ0) is 16.3. The monoisotopic (exact) mass is 359 g/mol. The molecule has 2 aromatic rings. The molecule has 0 aliphatic heterocycles. The fourth-order valence-corrected chi connectivity index (χ4v) is 2.15. The van der Waals surface area contributed by atoms with E-state index in [0.29, 0.717) is 15.6 Å². The zero-order valence-corrected chi connectivity index (χ0v) is 13.2. The highest BCUT2D eigenvalue weighted by Gasteiger charge is 2.17. The van der Waals surface area contributed by atoms with E-state index in [4.69, 9.17) is 39.5 Å². The number of carbonyl (C=O) groups is 1. The molecular weight excluding hydrogens is 353 g/mol. The molecule has 2 aromatic carbocycles. The summed E-state index contributed by atoms with van der Waals surface area (Å²) in [5.41, 5.74) is 0.327. The van der Waals surface area contributed by atoms with E-state index < -0.39 is 10.9 Å². The molecule has 0 bridgehead atoms. The van der Waals surface area contributed by atoms with Crippen LogP contribution in [0.3, 0.4) is 0 Å². The van der Waals surface area contributed by atoms with Crippen molar-refractivity contribution < 1.29 is 14.5 Å². The molecule has 0 saturated carbocycles. The van der Waals surface area contributed by atoms with Crippen LogP contribution >= 0.6 is 34.8 Å². The van der Waals surface area contributed by atoms with E-state index in [9.17, 15) is 14.9 Å². The Labute approximate surface area is 140 Å². The first-order valence-corrected chi connectivity index (χ1v) is 7.07. The molecule has 0 fully saturated rings. The van der Waals surface area contributed by atoms with Gasteiger partial charge in [-0.05, 0) is 29.8 Å². The lowest BCUT2D eigenvalue weighted by Gasteiger charge is -2.06. The number of halogens is 3. The van der Waals surface area contributed by atoms with Crippen molar-refractivity contribution in [3.63, 3.8) is 0 Å². The first-order chi connectivity index (χ1) is 10.4. The summed E-state index contributed by atoms with van der Waals surface area (Å²) in [4.78, 5) is 22.0. The fourth-order valence-electron chi connectivity index (χ4n) is 1.64. The highest BCUT2D eigenvalue weighted by atomic mass is 35.5. The largest absolute Gasteiger partial charge is 0.457 e. The predicted molar refractivity (Wildman–Crippen MR) is 83.7 cm³/mol. The van der Waals surface area contributed by atoms with Crippen LogP contribution in [0.2, 0.25) is 15.1 Å². The van der Waals surface area contributed by atoms with Crippen molar-refractivity contribution in [1.82, 2.24) is 0 Å². The molecule has 22 heavy (non-hydrogen) atoms. The van der Waals surface area contributed by atoms with Gasteiger partial charge in [-0.2, -0.15) is 0 Å². The second-order valence-electron chi connectivity index (χ2n) is 4.25. The van der Waals surface area contributed by atoms with Gasteiger partial charge in [-0.3, -0.25) is 10.1 Å². The molecule has 0 N–H and O–H groups in total. The Balaban J connectivity index is 2.10. The number of ether oxygens (including phenoxy) is 1. The van der Waals surface area contributed by atoms with Crippen LogP contribution < -0.4 is 0 Å². The minimum atomic E-state index is -0.703. The number of hydrogen-bond acceptors (Lipinski definition) is 4. The first kappa shape index (κ1) is 16.5. The smallest absolute Gasteiger partial charge is 0.338 e. The van der Waals surface area contributed by atoms with E-state index in [1.54, 1.807) is 18.2 Å². The van der Waals surface area contributed by atoms with Crippen molar-refractivity contribution >= 4 is 46.5 Å². The van der Waals surface area contributed by atoms with E-state index in [-0.39, 0.29) is 22.9 Å². The second kappa shape index (κ2) is 6.96. The maximum absolute atomic E-state index is 11.9. The third kappa shape index (κ3) is 3.88. The third-order valence-corrected chi connectivity index (χ3v) is 3.79. The van der Waals surface area contributed by atoms with Crippen LogP contribution in [0, 0.1) is 10.1 Å². The Hall–Kier alpha value is -1.82. The van der Waals surface area contributed by atoms with Crippen molar-refractivity contribution in [2.45, 2.75) is 6.61 Å². The Kier molecular flexibility index (Phi) is 5.24. The molecule has 0 radical (unpaired) electrons. The number of hydrogen-bond donors (Lipinski definition) is 0. The molecule has 0 saturated heterocycles. The molecule has 0 heterocycles. The molecule has 8 heteroatoms. The Morgan fingerprint density at radius 1 is 1.05 bits per heavy atom. The van der Waals surface area contributed by atoms with Gasteiger partial charge in [0.25, 0.3) is 5.69 Å². The lowest BCUT2D eigenvalue weighted by Crippen LogP contribution is -2.06. The highest BCUT2D eigenvalue weighted by Crippen LogP contribution is 2.26. The lowest BCUT2D eigenvalue weighted by atomic mass is 10.2. The Bertz CT molecular complexity index is 749. The van der Waals surface area contributed by atoms with E-state index >= 15 is 0 Å². The molecular formula is C14H8Cl3NO4. The molecule has 2 rings (SSSR count). The van der Waals surface area contributed by atoms with Crippen molar-refractivity contribution in [1.29, 1.82) is 0 Å². The van der Waals surface area contributed by atoms with Gasteiger partial charge in [0.2, 0.25) is 0 Å². The molecule has 0 aromatic heterocycles. The summed E-state index contributed by atoms with van der Waals surface area (Å²) < 4.78 is 5.08. The SMILES string of the molecule is O=C(OCc1ccc(Cl)c(Cl)c1)c1ccc(Cl)c([N+](=O)[O-])c1. The van der Waals surface area contributed by atoms with Crippen LogP contribution in [-0.2, 0) is 11.3 Å². The van der Waals surface area contributed by atoms with Gasteiger partial charge < -0.3 is 4.74 Å². The predicted octanol–water partition coefficient (Wildman–Crippen LogP) is 4.91. The molecule has 0 aliphatic carbocycles. The summed E-state index contributed by atoms with van der Waals surface area (Å²) in [5, 5.41) is 11.5. The third-order valence-electron chi connectivity index (χ3n) is 2.73. The van der Waals surface area contributed by atoms with Gasteiger partial charge in [0.15, 0.2) is 0 Å². The van der Waals surface area contributed by atoms with Gasteiger partial charge >= 0.3 is 5.97 Å². The molecule has 0 atom stereocenters. The lowest BCUT2D eigenvalue weighted by molar-refractivity contribution is -0.384. The normalized spacial score (nSPS) is 10.3. The Morgan fingerprint density at radius 2 is 1.73 bits per heavy atom. The van der Waals surface area contributed by atoms with E-state index in [1.807, 2.05) is 0 Å². The molecule has 0 unspecified atom stereocenters. The van der Waals surface area contributed by atoms with Gasteiger partial charge in [0.05, 0.1) is 20.5 Å². The summed E-state index contributed by atoms with van der Waals surface area (Å²) in [6, 6.07) is 8.51. The summed E-state index contributed by atoms with van der Waals surface area (Å²) >= 11 is 17.3. The van der Waals surface area contributed by atoms with Gasteiger partial charge in [-0.1, -0.05) is 40.9 Å². The number of rotatable bonds is 4. The van der Waals surface area contributed by atoms with Gasteiger partial charge in [-0.15, -0.1) is 0 Å². The van der Waals surface area contributed by atoms with E-state index in [2.05, 4.69) is 0 Å². The number of esters is 1. The van der Waals surface area contributed by atoms with Crippen LogP contribution in [0.4, 0.5) is 5.69 Å². The zero-order valence-electron chi connectivity index (χ0n) is 10.9. The molecule has 5 nitrogen and oxygen atoms in total. The van der Waals surface area contributed by atoms with E-state index in [1.165, 1.54) is 12.1 Å². The van der Waals surface area contributed by atoms with Crippen molar-refractivity contribution in [3.8, 4) is 0 Å². The second-order valence-corrected chi connectivity index (χ2v) is 5.47. The average molecular weight is 361 g/mol. The maximum Gasteiger partial charge on any atom is 0.338 e. The molecule has 114 valence electrons. The van der Waals surface area contributed by atoms with Crippen LogP contribution in [0.1, 0.15) is 15.9 Å². The van der Waals surface area contributed by atoms with Gasteiger partial charge in [-0.25, -0.2) is 4.79 Å². The standard InChI is InChI=1S/C14H8Cl3NO4/c15-10-3-1-8(5-12(10)17)7-22-14(19)9-2-4-11(16)13(6-9)18(20)21/h1-6H,7H2. The number of benzene rings is 2. The van der Waals surface area contributed by atoms with Crippen molar-refractivity contribution in [2.24, 2.45) is 0 Å². The molecule has 0 spiro atoms. The fraction of sp³-hybridized carbons (Fsp3) is 0.0714. The summed E-state index contributed by atoms with van der Waals surface area (Å²) in [5.74, 6) is -0.703. The summed E-state index contributed by atoms with van der Waals surface area (Å²) in [6.07, 6.45) is 0. The minimum absolute atomic E-state index is 0.0356. The first-order valence-electron chi connectivity index (χ1n) is 5.93. The van der Waals surface area contributed by atoms with Gasteiger partial charge in [0, 0.05) is 6.07 Å². The molecule has 0 aliphatic rings. The summed E-state index contributed by atoms with van der Waals surface area (Å²) in [7, 11) is 0. The van der Waals surface area contributed by atoms with Crippen LogP contribution in [0.25, 0.3) is 0 Å². The van der Waals surface area contributed by atoms with Crippen LogP contribution in [0.5, 0.6) is 0 Å². The quantitative estimate of drug-likeness (QED) is 0.441. The average Bonchev–Trinajstić information content (AvgIpc) is 2.48. The molecule has 0 amide bonds. The van der Waals surface area contributed by atoms with Crippen molar-refractivity contribution in [3.05, 3.63) is 72.7 Å². The van der Waals surface area contributed by atoms with E-state index in [0.717, 1.165) is 6.07 Å². The van der Waals surface area contributed by atoms with Crippen LogP contribution in [-0.4, -0.2) is 10.9 Å².